The van der Waals surface area contributed by atoms with Gasteiger partial charge in [-0.3, -0.25) is 14.4 Å². The minimum absolute atomic E-state index is 0.104. The Bertz CT molecular complexity index is 1530. The van der Waals surface area contributed by atoms with E-state index >= 15 is 0 Å². The first-order valence-corrected chi connectivity index (χ1v) is 14.7. The molecule has 0 heterocycles. The number of rotatable bonds is 9. The van der Waals surface area contributed by atoms with Gasteiger partial charge >= 0.3 is 0 Å². The Balaban J connectivity index is 1.43. The number of thioether (sulfide) groups is 1. The molecule has 0 bridgehead atoms. The fraction of sp³-hybridized carbons (Fsp3) is 0.0645. The van der Waals surface area contributed by atoms with Crippen LogP contribution < -0.4 is 16.0 Å². The quantitative estimate of drug-likeness (QED) is 0.125. The highest BCUT2D eigenvalue weighted by atomic mass is 79.9. The van der Waals surface area contributed by atoms with Gasteiger partial charge in [0, 0.05) is 25.1 Å². The lowest BCUT2D eigenvalue weighted by molar-refractivity contribution is -0.115. The maximum Gasteiger partial charge on any atom is 0.272 e. The molecule has 6 nitrogen and oxygen atoms in total. The van der Waals surface area contributed by atoms with Gasteiger partial charge in [0.15, 0.2) is 0 Å². The SMILES string of the molecule is CC(Sc1ccc(NC(=O)/C(=C/c2ccc(Br)cc2)NC(=O)c2ccccc2)cc1)C(=O)Nc1ccccc1Br. The molecular formula is C31H25Br2N3O3S. The third-order valence-corrected chi connectivity index (χ3v) is 7.97. The van der Waals surface area contributed by atoms with Crippen LogP contribution in [0.15, 0.2) is 123 Å². The van der Waals surface area contributed by atoms with Gasteiger partial charge in [-0.25, -0.2) is 0 Å². The molecule has 0 aliphatic heterocycles. The van der Waals surface area contributed by atoms with Gasteiger partial charge in [-0.2, -0.15) is 0 Å². The Morgan fingerprint density at radius 2 is 1.43 bits per heavy atom. The van der Waals surface area contributed by atoms with Gasteiger partial charge in [0.05, 0.1) is 10.9 Å². The molecule has 1 atom stereocenters. The minimum Gasteiger partial charge on any atom is -0.324 e. The molecule has 0 radical (unpaired) electrons. The zero-order valence-electron chi connectivity index (χ0n) is 21.4. The van der Waals surface area contributed by atoms with Crippen LogP contribution in [0.3, 0.4) is 0 Å². The third kappa shape index (κ3) is 8.42. The van der Waals surface area contributed by atoms with Crippen LogP contribution >= 0.6 is 43.6 Å². The lowest BCUT2D eigenvalue weighted by Gasteiger charge is -2.14. The molecule has 0 aliphatic rings. The minimum atomic E-state index is -0.464. The van der Waals surface area contributed by atoms with Crippen LogP contribution in [-0.4, -0.2) is 23.0 Å². The van der Waals surface area contributed by atoms with Crippen molar-refractivity contribution in [2.24, 2.45) is 0 Å². The molecule has 0 spiro atoms. The van der Waals surface area contributed by atoms with Crippen molar-refractivity contribution in [1.29, 1.82) is 0 Å². The van der Waals surface area contributed by atoms with Crippen molar-refractivity contribution >= 4 is 78.8 Å². The van der Waals surface area contributed by atoms with E-state index in [1.54, 1.807) is 42.5 Å². The monoisotopic (exact) mass is 677 g/mol. The molecule has 3 N–H and O–H groups in total. The summed E-state index contributed by atoms with van der Waals surface area (Å²) in [6.45, 7) is 1.83. The number of carbonyl (C=O) groups is 3. The molecule has 0 fully saturated rings. The summed E-state index contributed by atoms with van der Waals surface area (Å²) >= 11 is 8.25. The van der Waals surface area contributed by atoms with Crippen molar-refractivity contribution in [3.63, 3.8) is 0 Å². The molecule has 9 heteroatoms. The Labute approximate surface area is 253 Å². The van der Waals surface area contributed by atoms with E-state index in [9.17, 15) is 14.4 Å². The normalized spacial score (nSPS) is 11.8. The second-order valence-corrected chi connectivity index (χ2v) is 11.8. The van der Waals surface area contributed by atoms with Gasteiger partial charge in [-0.15, -0.1) is 11.8 Å². The van der Waals surface area contributed by atoms with Crippen molar-refractivity contribution < 1.29 is 14.4 Å². The number of carbonyl (C=O) groups excluding carboxylic acids is 3. The predicted octanol–water partition coefficient (Wildman–Crippen LogP) is 7.74. The van der Waals surface area contributed by atoms with E-state index in [0.29, 0.717) is 16.9 Å². The largest absolute Gasteiger partial charge is 0.324 e. The van der Waals surface area contributed by atoms with Crippen molar-refractivity contribution in [3.8, 4) is 0 Å². The number of anilines is 2. The lowest BCUT2D eigenvalue weighted by Crippen LogP contribution is -2.30. The van der Waals surface area contributed by atoms with E-state index in [1.165, 1.54) is 11.8 Å². The second-order valence-electron chi connectivity index (χ2n) is 8.64. The molecule has 0 aliphatic carbocycles. The number of amides is 3. The van der Waals surface area contributed by atoms with Crippen LogP contribution in [-0.2, 0) is 9.59 Å². The van der Waals surface area contributed by atoms with E-state index in [4.69, 9.17) is 0 Å². The van der Waals surface area contributed by atoms with Gasteiger partial charge in [0.1, 0.15) is 5.70 Å². The Morgan fingerprint density at radius 3 is 2.10 bits per heavy atom. The summed E-state index contributed by atoms with van der Waals surface area (Å²) in [5.74, 6) is -0.972. The van der Waals surface area contributed by atoms with Crippen LogP contribution in [0, 0.1) is 0 Å². The number of hydrogen-bond acceptors (Lipinski definition) is 4. The van der Waals surface area contributed by atoms with Gasteiger partial charge < -0.3 is 16.0 Å². The first-order chi connectivity index (χ1) is 19.3. The molecule has 0 saturated carbocycles. The topological polar surface area (TPSA) is 87.3 Å². The Morgan fingerprint density at radius 1 is 0.775 bits per heavy atom. The van der Waals surface area contributed by atoms with Crippen molar-refractivity contribution in [2.45, 2.75) is 17.1 Å². The number of nitrogens with one attached hydrogen (secondary N) is 3. The third-order valence-electron chi connectivity index (χ3n) is 5.64. The molecule has 202 valence electrons. The van der Waals surface area contributed by atoms with E-state index < -0.39 is 5.91 Å². The van der Waals surface area contributed by atoms with E-state index in [0.717, 1.165) is 19.4 Å². The molecule has 0 saturated heterocycles. The van der Waals surface area contributed by atoms with Crippen LogP contribution in [0.5, 0.6) is 0 Å². The number of benzene rings is 4. The molecule has 4 aromatic rings. The summed E-state index contributed by atoms with van der Waals surface area (Å²) in [4.78, 5) is 39.6. The van der Waals surface area contributed by atoms with Crippen LogP contribution in [0.2, 0.25) is 0 Å². The number of hydrogen-bond donors (Lipinski definition) is 3. The molecule has 4 rings (SSSR count). The van der Waals surface area contributed by atoms with Gasteiger partial charge in [0.25, 0.3) is 11.8 Å². The lowest BCUT2D eigenvalue weighted by atomic mass is 10.1. The maximum atomic E-state index is 13.2. The Kier molecular flexibility index (Phi) is 10.3. The summed E-state index contributed by atoms with van der Waals surface area (Å²) in [5.41, 5.74) is 2.56. The second kappa shape index (κ2) is 14.1. The zero-order chi connectivity index (χ0) is 28.5. The fourth-order valence-corrected chi connectivity index (χ4v) is 5.05. The van der Waals surface area contributed by atoms with Crippen molar-refractivity contribution in [1.82, 2.24) is 5.32 Å². The molecular weight excluding hydrogens is 654 g/mol. The number of para-hydroxylation sites is 1. The van der Waals surface area contributed by atoms with E-state index in [1.807, 2.05) is 73.7 Å². The van der Waals surface area contributed by atoms with Crippen LogP contribution in [0.25, 0.3) is 6.08 Å². The van der Waals surface area contributed by atoms with Crippen LogP contribution in [0.1, 0.15) is 22.8 Å². The average molecular weight is 679 g/mol. The summed E-state index contributed by atoms with van der Waals surface area (Å²) in [7, 11) is 0. The molecule has 40 heavy (non-hydrogen) atoms. The zero-order valence-corrected chi connectivity index (χ0v) is 25.3. The molecule has 4 aromatic carbocycles. The fourth-order valence-electron chi connectivity index (χ4n) is 3.54. The summed E-state index contributed by atoms with van der Waals surface area (Å²) in [6.07, 6.45) is 1.62. The van der Waals surface area contributed by atoms with Gasteiger partial charge in [-0.05, 0) is 95.2 Å². The predicted molar refractivity (Wildman–Crippen MR) is 169 cm³/mol. The van der Waals surface area contributed by atoms with Crippen LogP contribution in [0.4, 0.5) is 11.4 Å². The Hall–Kier alpha value is -3.66. The van der Waals surface area contributed by atoms with Gasteiger partial charge in [-0.1, -0.05) is 58.4 Å². The highest BCUT2D eigenvalue weighted by Crippen LogP contribution is 2.27. The molecule has 3 amide bonds. The van der Waals surface area contributed by atoms with Crippen molar-refractivity contribution in [3.05, 3.63) is 129 Å². The smallest absolute Gasteiger partial charge is 0.272 e. The average Bonchev–Trinajstić information content (AvgIpc) is 2.96. The van der Waals surface area contributed by atoms with Gasteiger partial charge in [0.2, 0.25) is 5.91 Å². The van der Waals surface area contributed by atoms with E-state index in [2.05, 4.69) is 47.8 Å². The standard InChI is InChI=1S/C31H25Br2N3O3S/c1-20(29(37)35-27-10-6-5-9-26(27)33)40-25-17-15-24(16-18-25)34-31(39)28(19-21-11-13-23(32)14-12-21)36-30(38)22-7-3-2-4-8-22/h2-20H,1H3,(H,34,39)(H,35,37)(H,36,38)/b28-19-. The first-order valence-electron chi connectivity index (χ1n) is 12.3. The molecule has 1 unspecified atom stereocenters. The van der Waals surface area contributed by atoms with Crippen molar-refractivity contribution in [2.75, 3.05) is 10.6 Å². The highest BCUT2D eigenvalue weighted by Gasteiger charge is 2.17. The number of halogens is 2. The first kappa shape index (κ1) is 29.3. The summed E-state index contributed by atoms with van der Waals surface area (Å²) in [6, 6.07) is 30.7. The summed E-state index contributed by atoms with van der Waals surface area (Å²) in [5, 5.41) is 8.16. The maximum absolute atomic E-state index is 13.2. The highest BCUT2D eigenvalue weighted by molar-refractivity contribution is 9.10. The molecule has 0 aromatic heterocycles. The van der Waals surface area contributed by atoms with E-state index in [-0.39, 0.29) is 22.8 Å². The summed E-state index contributed by atoms with van der Waals surface area (Å²) < 4.78 is 1.72.